The number of thiophene rings is 1. The van der Waals surface area contributed by atoms with Gasteiger partial charge in [0.05, 0.1) is 16.0 Å². The Morgan fingerprint density at radius 1 is 0.806 bits per heavy atom. The Hall–Kier alpha value is -2.92. The third-order valence-corrected chi connectivity index (χ3v) is 7.70. The van der Waals surface area contributed by atoms with Gasteiger partial charge >= 0.3 is 6.18 Å². The molecule has 2 heterocycles. The van der Waals surface area contributed by atoms with E-state index < -0.39 is 11.7 Å². The van der Waals surface area contributed by atoms with E-state index in [1.54, 1.807) is 0 Å². The zero-order chi connectivity index (χ0) is 26.0. The zero-order valence-electron chi connectivity index (χ0n) is 21.5. The van der Waals surface area contributed by atoms with Crippen molar-refractivity contribution in [1.82, 2.24) is 4.98 Å². The Morgan fingerprint density at radius 3 is 2.19 bits per heavy atom. The number of alkyl halides is 3. The van der Waals surface area contributed by atoms with Gasteiger partial charge < -0.3 is 0 Å². The summed E-state index contributed by atoms with van der Waals surface area (Å²) in [6.45, 7) is 13.0. The fraction of sp³-hybridized carbons (Fsp3) is 0.323. The number of hydrogen-bond acceptors (Lipinski definition) is 2. The van der Waals surface area contributed by atoms with Crippen molar-refractivity contribution in [3.8, 4) is 11.3 Å². The lowest BCUT2D eigenvalue weighted by molar-refractivity contribution is -0.136. The van der Waals surface area contributed by atoms with Gasteiger partial charge in [0.2, 0.25) is 0 Å². The van der Waals surface area contributed by atoms with Crippen molar-refractivity contribution in [3.05, 3.63) is 77.5 Å². The average molecular weight is 506 g/mol. The van der Waals surface area contributed by atoms with Crippen LogP contribution in [0.25, 0.3) is 42.2 Å². The topological polar surface area (TPSA) is 12.9 Å². The molecular formula is C31H30F3NS. The van der Waals surface area contributed by atoms with Gasteiger partial charge in [-0.1, -0.05) is 77.9 Å². The van der Waals surface area contributed by atoms with Crippen molar-refractivity contribution >= 4 is 42.3 Å². The van der Waals surface area contributed by atoms with Gasteiger partial charge in [-0.2, -0.15) is 13.2 Å². The molecule has 3 aromatic carbocycles. The first kappa shape index (κ1) is 24.8. The zero-order valence-corrected chi connectivity index (χ0v) is 22.3. The molecule has 0 saturated carbocycles. The monoisotopic (exact) mass is 505 g/mol. The Balaban J connectivity index is 1.83. The summed E-state index contributed by atoms with van der Waals surface area (Å²) in [4.78, 5) is 4.44. The number of hydrogen-bond donors (Lipinski definition) is 0. The molecule has 0 spiro atoms. The molecule has 0 fully saturated rings. The maximum atomic E-state index is 14.2. The predicted octanol–water partition coefficient (Wildman–Crippen LogP) is 10.2. The van der Waals surface area contributed by atoms with Crippen molar-refractivity contribution < 1.29 is 13.2 Å². The molecule has 0 atom stereocenters. The van der Waals surface area contributed by atoms with Crippen LogP contribution in [0.1, 0.15) is 58.2 Å². The lowest BCUT2D eigenvalue weighted by Crippen LogP contribution is -2.12. The molecule has 5 aromatic rings. The molecule has 0 aliphatic carbocycles. The number of fused-ring (bicyclic) bond motifs is 4. The standard InChI is InChI=1S/C31H30F3NS/c1-29(2,3)16-18-11-12-22-25(13-18)36-28-26(22)24(31(32,33)34)17-35-27(28)20-14-19-9-7-8-10-21(19)23(15-20)30(4,5)6/h7-15,17H,16H2,1-6H3. The van der Waals surface area contributed by atoms with E-state index in [4.69, 9.17) is 0 Å². The van der Waals surface area contributed by atoms with E-state index >= 15 is 0 Å². The molecule has 0 saturated heterocycles. The quantitative estimate of drug-likeness (QED) is 0.233. The van der Waals surface area contributed by atoms with E-state index in [0.717, 1.165) is 44.8 Å². The van der Waals surface area contributed by atoms with E-state index in [0.29, 0.717) is 15.8 Å². The Bertz CT molecular complexity index is 1610. The summed E-state index contributed by atoms with van der Waals surface area (Å²) in [5.74, 6) is 0. The Kier molecular flexibility index (Phi) is 5.71. The molecule has 0 radical (unpaired) electrons. The number of halogens is 3. The summed E-state index contributed by atoms with van der Waals surface area (Å²) >= 11 is 1.41. The van der Waals surface area contributed by atoms with Gasteiger partial charge in [0.1, 0.15) is 0 Å². The number of benzene rings is 3. The van der Waals surface area contributed by atoms with E-state index in [2.05, 4.69) is 76.9 Å². The second-order valence-corrected chi connectivity index (χ2v) is 12.9. The molecular weight excluding hydrogens is 475 g/mol. The molecule has 0 bridgehead atoms. The van der Waals surface area contributed by atoms with Crippen LogP contribution in [0, 0.1) is 5.41 Å². The Morgan fingerprint density at radius 2 is 1.53 bits per heavy atom. The molecule has 0 aliphatic heterocycles. The molecule has 0 aliphatic rings. The van der Waals surface area contributed by atoms with Crippen molar-refractivity contribution in [3.63, 3.8) is 0 Å². The van der Waals surface area contributed by atoms with Crippen LogP contribution in [0.2, 0.25) is 0 Å². The first-order chi connectivity index (χ1) is 16.7. The van der Waals surface area contributed by atoms with Crippen LogP contribution in [0.15, 0.2) is 60.8 Å². The van der Waals surface area contributed by atoms with Crippen LogP contribution in [0.4, 0.5) is 13.2 Å². The SMILES string of the molecule is CC(C)(C)Cc1ccc2c(c1)sc1c(-c3cc(C(C)(C)C)c4ccccc4c3)ncc(C(F)(F)F)c12. The third-order valence-electron chi connectivity index (χ3n) is 6.54. The summed E-state index contributed by atoms with van der Waals surface area (Å²) in [6.07, 6.45) is -2.62. The van der Waals surface area contributed by atoms with Crippen molar-refractivity contribution in [2.45, 2.75) is 59.6 Å². The number of rotatable bonds is 2. The lowest BCUT2D eigenvalue weighted by Gasteiger charge is -2.23. The second-order valence-electron chi connectivity index (χ2n) is 11.9. The fourth-order valence-electron chi connectivity index (χ4n) is 5.04. The second kappa shape index (κ2) is 8.31. The lowest BCUT2D eigenvalue weighted by atomic mass is 9.82. The highest BCUT2D eigenvalue weighted by Gasteiger charge is 2.35. The van der Waals surface area contributed by atoms with Gasteiger partial charge in [0, 0.05) is 27.2 Å². The normalized spacial score (nSPS) is 13.2. The van der Waals surface area contributed by atoms with Crippen LogP contribution in [0.3, 0.4) is 0 Å². The van der Waals surface area contributed by atoms with Crippen LogP contribution < -0.4 is 0 Å². The molecule has 186 valence electrons. The minimum Gasteiger partial charge on any atom is -0.254 e. The smallest absolute Gasteiger partial charge is 0.254 e. The van der Waals surface area contributed by atoms with Crippen molar-refractivity contribution in [1.29, 1.82) is 0 Å². The van der Waals surface area contributed by atoms with Gasteiger partial charge in [-0.05, 0) is 57.3 Å². The average Bonchev–Trinajstić information content (AvgIpc) is 3.13. The number of aromatic nitrogens is 1. The van der Waals surface area contributed by atoms with E-state index in [9.17, 15) is 13.2 Å². The van der Waals surface area contributed by atoms with Gasteiger partial charge in [-0.3, -0.25) is 4.98 Å². The molecule has 5 heteroatoms. The van der Waals surface area contributed by atoms with Crippen LogP contribution in [0.5, 0.6) is 0 Å². The summed E-state index contributed by atoms with van der Waals surface area (Å²) in [5.41, 5.74) is 3.01. The minimum atomic E-state index is -4.48. The van der Waals surface area contributed by atoms with Crippen molar-refractivity contribution in [2.24, 2.45) is 5.41 Å². The highest BCUT2D eigenvalue weighted by Crippen LogP contribution is 2.46. The Labute approximate surface area is 214 Å². The summed E-state index contributed by atoms with van der Waals surface area (Å²) in [5, 5.41) is 3.10. The molecule has 0 N–H and O–H groups in total. The van der Waals surface area contributed by atoms with Crippen LogP contribution in [-0.4, -0.2) is 4.98 Å². The first-order valence-corrected chi connectivity index (χ1v) is 13.0. The molecule has 0 amide bonds. The maximum Gasteiger partial charge on any atom is 0.418 e. The van der Waals surface area contributed by atoms with Gasteiger partial charge in [0.25, 0.3) is 0 Å². The van der Waals surface area contributed by atoms with Gasteiger partial charge in [-0.25, -0.2) is 0 Å². The minimum absolute atomic E-state index is 0.0860. The maximum absolute atomic E-state index is 14.2. The molecule has 1 nitrogen and oxygen atoms in total. The summed E-state index contributed by atoms with van der Waals surface area (Å²) in [7, 11) is 0. The molecule has 5 rings (SSSR count). The van der Waals surface area contributed by atoms with E-state index in [1.165, 1.54) is 11.3 Å². The predicted molar refractivity (Wildman–Crippen MR) is 147 cm³/mol. The van der Waals surface area contributed by atoms with Gasteiger partial charge in [0.15, 0.2) is 0 Å². The molecule has 0 unspecified atom stereocenters. The molecule has 2 aromatic heterocycles. The fourth-order valence-corrected chi connectivity index (χ4v) is 6.34. The first-order valence-electron chi connectivity index (χ1n) is 12.2. The van der Waals surface area contributed by atoms with E-state index in [-0.39, 0.29) is 16.2 Å². The van der Waals surface area contributed by atoms with Crippen molar-refractivity contribution in [2.75, 3.05) is 0 Å². The number of nitrogens with zero attached hydrogens (tertiary/aromatic N) is 1. The highest BCUT2D eigenvalue weighted by atomic mass is 32.1. The van der Waals surface area contributed by atoms with Gasteiger partial charge in [-0.15, -0.1) is 11.3 Å². The van der Waals surface area contributed by atoms with Crippen LogP contribution in [-0.2, 0) is 18.0 Å². The summed E-state index contributed by atoms with van der Waals surface area (Å²) < 4.78 is 43.9. The third kappa shape index (κ3) is 4.50. The number of pyridine rings is 1. The largest absolute Gasteiger partial charge is 0.418 e. The van der Waals surface area contributed by atoms with Crippen LogP contribution >= 0.6 is 11.3 Å². The molecule has 36 heavy (non-hydrogen) atoms. The van der Waals surface area contributed by atoms with E-state index in [1.807, 2.05) is 24.3 Å². The highest BCUT2D eigenvalue weighted by molar-refractivity contribution is 7.26. The summed E-state index contributed by atoms with van der Waals surface area (Å²) in [6, 6.07) is 18.2.